The summed E-state index contributed by atoms with van der Waals surface area (Å²) in [5.74, 6) is 0. The lowest BCUT2D eigenvalue weighted by molar-refractivity contribution is 0.581. The Labute approximate surface area is 129 Å². The number of aryl methyl sites for hydroxylation is 1. The molecule has 1 aliphatic rings. The van der Waals surface area contributed by atoms with Crippen LogP contribution in [0.25, 0.3) is 0 Å². The van der Waals surface area contributed by atoms with E-state index in [0.717, 1.165) is 30.0 Å². The number of benzene rings is 1. The minimum atomic E-state index is -3.47. The van der Waals surface area contributed by atoms with E-state index < -0.39 is 10.0 Å². The molecule has 0 atom stereocenters. The zero-order chi connectivity index (χ0) is 14.9. The SMILES string of the molecule is CCc1ccsc1CNS(=O)(=O)c1ccc2c(c1)NCC2. The predicted molar refractivity (Wildman–Crippen MR) is 86.4 cm³/mol. The zero-order valence-electron chi connectivity index (χ0n) is 11.8. The molecule has 2 heterocycles. The summed E-state index contributed by atoms with van der Waals surface area (Å²) in [6, 6.07) is 7.35. The minimum absolute atomic E-state index is 0.324. The van der Waals surface area contributed by atoms with Crippen LogP contribution < -0.4 is 10.0 Å². The van der Waals surface area contributed by atoms with Crippen molar-refractivity contribution in [3.8, 4) is 0 Å². The van der Waals surface area contributed by atoms with E-state index >= 15 is 0 Å². The van der Waals surface area contributed by atoms with Gasteiger partial charge in [-0.15, -0.1) is 11.3 Å². The Balaban J connectivity index is 1.78. The van der Waals surface area contributed by atoms with Gasteiger partial charge >= 0.3 is 0 Å². The van der Waals surface area contributed by atoms with E-state index in [4.69, 9.17) is 0 Å². The molecule has 1 aliphatic heterocycles. The maximum Gasteiger partial charge on any atom is 0.240 e. The Morgan fingerprint density at radius 2 is 2.19 bits per heavy atom. The van der Waals surface area contributed by atoms with Crippen molar-refractivity contribution in [2.24, 2.45) is 0 Å². The van der Waals surface area contributed by atoms with Crippen LogP contribution in [0, 0.1) is 0 Å². The Bertz CT molecular complexity index is 751. The molecule has 0 fully saturated rings. The molecular weight excluding hydrogens is 304 g/mol. The molecule has 6 heteroatoms. The smallest absolute Gasteiger partial charge is 0.240 e. The summed E-state index contributed by atoms with van der Waals surface area (Å²) in [6.45, 7) is 3.31. The van der Waals surface area contributed by atoms with Gasteiger partial charge in [-0.2, -0.15) is 0 Å². The molecule has 112 valence electrons. The lowest BCUT2D eigenvalue weighted by Crippen LogP contribution is -2.23. The van der Waals surface area contributed by atoms with Crippen LogP contribution in [-0.4, -0.2) is 15.0 Å². The number of nitrogens with one attached hydrogen (secondary N) is 2. The van der Waals surface area contributed by atoms with E-state index in [0.29, 0.717) is 11.4 Å². The number of anilines is 1. The normalized spacial score (nSPS) is 14.0. The van der Waals surface area contributed by atoms with Crippen molar-refractivity contribution in [1.82, 2.24) is 4.72 Å². The topological polar surface area (TPSA) is 58.2 Å². The molecule has 0 amide bonds. The molecular formula is C15H18N2O2S2. The van der Waals surface area contributed by atoms with Gasteiger partial charge in [0.25, 0.3) is 0 Å². The molecule has 0 saturated heterocycles. The molecule has 0 unspecified atom stereocenters. The summed E-state index contributed by atoms with van der Waals surface area (Å²) in [5.41, 5.74) is 3.32. The first kappa shape index (κ1) is 14.6. The highest BCUT2D eigenvalue weighted by atomic mass is 32.2. The number of hydrogen-bond donors (Lipinski definition) is 2. The summed E-state index contributed by atoms with van der Waals surface area (Å²) in [5, 5.41) is 5.21. The van der Waals surface area contributed by atoms with Crippen LogP contribution in [0.4, 0.5) is 5.69 Å². The highest BCUT2D eigenvalue weighted by molar-refractivity contribution is 7.89. The first-order valence-corrected chi connectivity index (χ1v) is 9.38. The molecule has 0 radical (unpaired) electrons. The first-order valence-electron chi connectivity index (χ1n) is 7.02. The molecule has 21 heavy (non-hydrogen) atoms. The number of thiophene rings is 1. The van der Waals surface area contributed by atoms with Gasteiger partial charge in [0.2, 0.25) is 10.0 Å². The molecule has 2 aromatic rings. The first-order chi connectivity index (χ1) is 10.1. The number of hydrogen-bond acceptors (Lipinski definition) is 4. The lowest BCUT2D eigenvalue weighted by atomic mass is 10.2. The van der Waals surface area contributed by atoms with Crippen LogP contribution in [0.1, 0.15) is 22.9 Å². The predicted octanol–water partition coefficient (Wildman–Crippen LogP) is 2.76. The molecule has 0 bridgehead atoms. The van der Waals surface area contributed by atoms with Gasteiger partial charge in [-0.1, -0.05) is 13.0 Å². The summed E-state index contributed by atoms with van der Waals surface area (Å²) in [6.07, 6.45) is 1.88. The Morgan fingerprint density at radius 1 is 1.33 bits per heavy atom. The van der Waals surface area contributed by atoms with Crippen molar-refractivity contribution in [3.63, 3.8) is 0 Å². The summed E-state index contributed by atoms with van der Waals surface area (Å²) in [4.78, 5) is 1.41. The Kier molecular flexibility index (Phi) is 4.01. The molecule has 1 aromatic carbocycles. The highest BCUT2D eigenvalue weighted by Gasteiger charge is 2.18. The molecule has 1 aromatic heterocycles. The van der Waals surface area contributed by atoms with Gasteiger partial charge in [-0.25, -0.2) is 13.1 Å². The number of sulfonamides is 1. The van der Waals surface area contributed by atoms with Gasteiger partial charge in [0.1, 0.15) is 0 Å². The van der Waals surface area contributed by atoms with Crippen LogP contribution in [0.2, 0.25) is 0 Å². The van der Waals surface area contributed by atoms with Crippen molar-refractivity contribution in [3.05, 3.63) is 45.6 Å². The second-order valence-corrected chi connectivity index (χ2v) is 7.81. The fourth-order valence-electron chi connectivity index (χ4n) is 2.52. The van der Waals surface area contributed by atoms with Crippen molar-refractivity contribution >= 4 is 27.0 Å². The van der Waals surface area contributed by atoms with Crippen molar-refractivity contribution in [1.29, 1.82) is 0 Å². The molecule has 2 N–H and O–H groups in total. The Hall–Kier alpha value is -1.37. The van der Waals surface area contributed by atoms with Gasteiger partial charge < -0.3 is 5.32 Å². The largest absolute Gasteiger partial charge is 0.384 e. The monoisotopic (exact) mass is 322 g/mol. The fraction of sp³-hybridized carbons (Fsp3) is 0.333. The van der Waals surface area contributed by atoms with Crippen molar-refractivity contribution in [2.75, 3.05) is 11.9 Å². The van der Waals surface area contributed by atoms with E-state index in [9.17, 15) is 8.42 Å². The molecule has 4 nitrogen and oxygen atoms in total. The maximum absolute atomic E-state index is 12.4. The molecule has 0 saturated carbocycles. The maximum atomic E-state index is 12.4. The van der Waals surface area contributed by atoms with Gasteiger partial charge in [-0.3, -0.25) is 0 Å². The summed E-state index contributed by atoms with van der Waals surface area (Å²) in [7, 11) is -3.47. The third-order valence-corrected chi connectivity index (χ3v) is 6.10. The third kappa shape index (κ3) is 2.97. The summed E-state index contributed by atoms with van der Waals surface area (Å²) < 4.78 is 27.5. The minimum Gasteiger partial charge on any atom is -0.384 e. The van der Waals surface area contributed by atoms with E-state index in [1.807, 2.05) is 17.5 Å². The third-order valence-electron chi connectivity index (χ3n) is 3.74. The van der Waals surface area contributed by atoms with Gasteiger partial charge in [0.15, 0.2) is 0 Å². The van der Waals surface area contributed by atoms with Crippen LogP contribution in [0.5, 0.6) is 0 Å². The number of rotatable bonds is 5. The standard InChI is InChI=1S/C15H18N2O2S2/c1-2-11-6-8-20-15(11)10-17-21(18,19)13-4-3-12-5-7-16-14(12)9-13/h3-4,6,8-9,16-17H,2,5,7,10H2,1H3. The second kappa shape index (κ2) is 5.79. The molecule has 3 rings (SSSR count). The zero-order valence-corrected chi connectivity index (χ0v) is 13.5. The second-order valence-electron chi connectivity index (χ2n) is 5.04. The number of fused-ring (bicyclic) bond motifs is 1. The average Bonchev–Trinajstić information content (AvgIpc) is 3.12. The lowest BCUT2D eigenvalue weighted by Gasteiger charge is -2.09. The van der Waals surface area contributed by atoms with Crippen LogP contribution in [0.3, 0.4) is 0 Å². The average molecular weight is 322 g/mol. The van der Waals surface area contributed by atoms with E-state index in [1.54, 1.807) is 23.5 Å². The van der Waals surface area contributed by atoms with E-state index in [-0.39, 0.29) is 0 Å². The molecule has 0 aliphatic carbocycles. The van der Waals surface area contributed by atoms with Crippen molar-refractivity contribution < 1.29 is 8.42 Å². The van der Waals surface area contributed by atoms with Gasteiger partial charge in [0, 0.05) is 23.7 Å². The summed E-state index contributed by atoms with van der Waals surface area (Å²) >= 11 is 1.59. The van der Waals surface area contributed by atoms with Gasteiger partial charge in [-0.05, 0) is 47.5 Å². The fourth-order valence-corrected chi connectivity index (χ4v) is 4.55. The van der Waals surface area contributed by atoms with E-state index in [1.165, 1.54) is 11.1 Å². The van der Waals surface area contributed by atoms with Crippen LogP contribution in [-0.2, 0) is 29.4 Å². The van der Waals surface area contributed by atoms with E-state index in [2.05, 4.69) is 17.0 Å². The quantitative estimate of drug-likeness (QED) is 0.890. The Morgan fingerprint density at radius 3 is 3.00 bits per heavy atom. The molecule has 0 spiro atoms. The van der Waals surface area contributed by atoms with Gasteiger partial charge in [0.05, 0.1) is 4.90 Å². The van der Waals surface area contributed by atoms with Crippen molar-refractivity contribution in [2.45, 2.75) is 31.2 Å². The van der Waals surface area contributed by atoms with Crippen LogP contribution in [0.15, 0.2) is 34.5 Å². The highest BCUT2D eigenvalue weighted by Crippen LogP contribution is 2.25. The van der Waals surface area contributed by atoms with Crippen LogP contribution >= 0.6 is 11.3 Å².